The topological polar surface area (TPSA) is 0 Å². The van der Waals surface area contributed by atoms with Gasteiger partial charge in [0, 0.05) is 5.38 Å². The summed E-state index contributed by atoms with van der Waals surface area (Å²) < 4.78 is 0. The molecule has 7 heavy (non-hydrogen) atoms. The van der Waals surface area contributed by atoms with Crippen molar-refractivity contribution >= 4 is 30.2 Å². The fourth-order valence-corrected chi connectivity index (χ4v) is 0.864. The van der Waals surface area contributed by atoms with Crippen LogP contribution in [0.1, 0.15) is 5.56 Å². The molecule has 1 heterocycles. The molecular formula is C5H6LiS. The molecule has 0 aliphatic carbocycles. The maximum absolute atomic E-state index is 2.97. The summed E-state index contributed by atoms with van der Waals surface area (Å²) in [6.45, 7) is 2.06. The number of rotatable bonds is 0. The Bertz CT molecular complexity index is 112. The van der Waals surface area contributed by atoms with E-state index in [0.717, 1.165) is 0 Å². The third-order valence-corrected chi connectivity index (χ3v) is 1.34. The van der Waals surface area contributed by atoms with Gasteiger partial charge in [0.25, 0.3) is 0 Å². The zero-order valence-corrected chi connectivity index (χ0v) is 4.38. The first-order chi connectivity index (χ1) is 2.89. The summed E-state index contributed by atoms with van der Waals surface area (Å²) in [6.07, 6.45) is 0. The molecule has 0 N–H and O–H groups in total. The van der Waals surface area contributed by atoms with Gasteiger partial charge < -0.3 is 0 Å². The van der Waals surface area contributed by atoms with Gasteiger partial charge in [-0.2, -0.15) is 0 Å². The molecule has 0 spiro atoms. The fourth-order valence-electron chi connectivity index (χ4n) is 0.288. The van der Waals surface area contributed by atoms with Gasteiger partial charge >= 0.3 is 18.9 Å². The van der Waals surface area contributed by atoms with Crippen LogP contribution >= 0.6 is 11.3 Å². The van der Waals surface area contributed by atoms with Crippen molar-refractivity contribution in [3.8, 4) is 0 Å². The Labute approximate surface area is 59.7 Å². The molecule has 1 aromatic heterocycles. The Morgan fingerprint density at radius 3 is 2.57 bits per heavy atom. The molecule has 0 bridgehead atoms. The van der Waals surface area contributed by atoms with E-state index in [9.17, 15) is 0 Å². The second-order valence-corrected chi connectivity index (χ2v) is 1.95. The van der Waals surface area contributed by atoms with Gasteiger partial charge in [0.2, 0.25) is 0 Å². The Kier molecular flexibility index (Phi) is 3.46. The van der Waals surface area contributed by atoms with Gasteiger partial charge in [0.15, 0.2) is 0 Å². The quantitative estimate of drug-likeness (QED) is 0.435. The molecule has 0 fully saturated rings. The van der Waals surface area contributed by atoms with Gasteiger partial charge in [-0.15, -0.1) is 11.3 Å². The first-order valence-corrected chi connectivity index (χ1v) is 2.69. The summed E-state index contributed by atoms with van der Waals surface area (Å²) in [6, 6.07) is 1.98. The van der Waals surface area contributed by atoms with Crippen molar-refractivity contribution in [3.63, 3.8) is 0 Å². The van der Waals surface area contributed by atoms with Gasteiger partial charge in [0.05, 0.1) is 0 Å². The Balaban J connectivity index is 0.000000360. The van der Waals surface area contributed by atoms with E-state index in [1.807, 2.05) is 6.07 Å². The van der Waals surface area contributed by atoms with Crippen LogP contribution in [0, 0.1) is 12.3 Å². The first-order valence-electron chi connectivity index (χ1n) is 1.81. The van der Waals surface area contributed by atoms with Crippen LogP contribution in [-0.4, -0.2) is 18.9 Å². The summed E-state index contributed by atoms with van der Waals surface area (Å²) in [5.74, 6) is 0. The standard InChI is InChI=1S/C5H5S.Li.H/c1-5-2-3-6-4-5;;/h2,4H,1H3;;. The third-order valence-electron chi connectivity index (χ3n) is 0.599. The summed E-state index contributed by atoms with van der Waals surface area (Å²) >= 11 is 1.61. The van der Waals surface area contributed by atoms with Gasteiger partial charge in [-0.1, -0.05) is 0 Å². The summed E-state index contributed by atoms with van der Waals surface area (Å²) in [5.41, 5.74) is 1.31. The van der Waals surface area contributed by atoms with Crippen molar-refractivity contribution < 1.29 is 0 Å². The van der Waals surface area contributed by atoms with Crippen molar-refractivity contribution in [2.75, 3.05) is 0 Å². The molecule has 1 aromatic rings. The fraction of sp³-hybridized carbons (Fsp3) is 0.200. The van der Waals surface area contributed by atoms with E-state index in [1.165, 1.54) is 5.56 Å². The molecule has 1 rings (SSSR count). The molecule has 0 saturated heterocycles. The predicted octanol–water partition coefficient (Wildman–Crippen LogP) is 1.21. The van der Waals surface area contributed by atoms with E-state index < -0.39 is 0 Å². The van der Waals surface area contributed by atoms with E-state index >= 15 is 0 Å². The first kappa shape index (κ1) is 7.30. The number of thiophene rings is 1. The molecule has 2 heteroatoms. The Morgan fingerprint density at radius 2 is 2.43 bits per heavy atom. The van der Waals surface area contributed by atoms with Crippen LogP contribution < -0.4 is 0 Å². The van der Waals surface area contributed by atoms with Crippen LogP contribution in [0.25, 0.3) is 0 Å². The SMILES string of the molecule is Cc1c[c]sc1.[LiH]. The molecule has 33 valence electrons. The van der Waals surface area contributed by atoms with Gasteiger partial charge in [-0.3, -0.25) is 0 Å². The molecule has 0 aliphatic rings. The second-order valence-electron chi connectivity index (χ2n) is 1.24. The maximum atomic E-state index is 2.97. The monoisotopic (exact) mass is 105 g/mol. The predicted molar refractivity (Wildman–Crippen MR) is 35.0 cm³/mol. The minimum absolute atomic E-state index is 0. The molecule has 0 amide bonds. The van der Waals surface area contributed by atoms with Crippen molar-refractivity contribution in [1.29, 1.82) is 0 Å². The third kappa shape index (κ3) is 2.18. The van der Waals surface area contributed by atoms with Crippen LogP contribution in [0.4, 0.5) is 0 Å². The van der Waals surface area contributed by atoms with Crippen LogP contribution in [0.15, 0.2) is 11.4 Å². The van der Waals surface area contributed by atoms with E-state index in [0.29, 0.717) is 0 Å². The van der Waals surface area contributed by atoms with Gasteiger partial charge in [-0.05, 0) is 23.9 Å². The van der Waals surface area contributed by atoms with Crippen LogP contribution in [0.5, 0.6) is 0 Å². The van der Waals surface area contributed by atoms with Gasteiger partial charge in [0.1, 0.15) is 0 Å². The molecule has 0 atom stereocenters. The number of aryl methyl sites for hydroxylation is 1. The molecule has 0 saturated carbocycles. The molecule has 0 unspecified atom stereocenters. The van der Waals surface area contributed by atoms with Crippen LogP contribution in [-0.2, 0) is 0 Å². The Hall–Kier alpha value is 0.297. The average Bonchev–Trinajstić information content (AvgIpc) is 1.86. The van der Waals surface area contributed by atoms with Crippen molar-refractivity contribution in [1.82, 2.24) is 0 Å². The molecular weight excluding hydrogens is 99.1 g/mol. The minimum atomic E-state index is 0. The zero-order chi connectivity index (χ0) is 4.41. The summed E-state index contributed by atoms with van der Waals surface area (Å²) in [5, 5.41) is 5.04. The van der Waals surface area contributed by atoms with Gasteiger partial charge in [-0.25, -0.2) is 0 Å². The number of hydrogen-bond donors (Lipinski definition) is 0. The molecule has 0 aromatic carbocycles. The zero-order valence-electron chi connectivity index (χ0n) is 3.56. The van der Waals surface area contributed by atoms with Crippen LogP contribution in [0.2, 0.25) is 0 Å². The molecule has 1 radical (unpaired) electrons. The Morgan fingerprint density at radius 1 is 1.71 bits per heavy atom. The molecule has 0 nitrogen and oxygen atoms in total. The summed E-state index contributed by atoms with van der Waals surface area (Å²) in [4.78, 5) is 0. The van der Waals surface area contributed by atoms with E-state index in [-0.39, 0.29) is 18.9 Å². The normalized spacial score (nSPS) is 7.57. The van der Waals surface area contributed by atoms with Crippen molar-refractivity contribution in [3.05, 3.63) is 22.4 Å². The van der Waals surface area contributed by atoms with Crippen molar-refractivity contribution in [2.24, 2.45) is 0 Å². The van der Waals surface area contributed by atoms with Crippen molar-refractivity contribution in [2.45, 2.75) is 6.92 Å². The van der Waals surface area contributed by atoms with E-state index in [2.05, 4.69) is 17.7 Å². The van der Waals surface area contributed by atoms with Crippen LogP contribution in [0.3, 0.4) is 0 Å². The summed E-state index contributed by atoms with van der Waals surface area (Å²) in [7, 11) is 0. The second kappa shape index (κ2) is 3.32. The number of hydrogen-bond acceptors (Lipinski definition) is 1. The van der Waals surface area contributed by atoms with E-state index in [1.54, 1.807) is 11.3 Å². The van der Waals surface area contributed by atoms with E-state index in [4.69, 9.17) is 0 Å². The molecule has 0 aliphatic heterocycles. The average molecular weight is 105 g/mol.